The number of amidine groups is 1. The molecule has 0 aromatic heterocycles. The molecule has 5 N–H and O–H groups in total. The van der Waals surface area contributed by atoms with E-state index < -0.39 is 11.9 Å². The maximum absolute atomic E-state index is 13.0. The summed E-state index contributed by atoms with van der Waals surface area (Å²) in [5, 5.41) is 19.9. The molecular formula is C27H33N5O4. The summed E-state index contributed by atoms with van der Waals surface area (Å²) in [7, 11) is 0. The first-order valence-corrected chi connectivity index (χ1v) is 12.4. The predicted molar refractivity (Wildman–Crippen MR) is 136 cm³/mol. The Bertz CT molecular complexity index is 1140. The molecule has 0 radical (unpaired) electrons. The molecule has 1 saturated heterocycles. The molecule has 0 saturated carbocycles. The number of nitrogens with zero attached hydrogens (tertiary/aromatic N) is 2. The lowest BCUT2D eigenvalue weighted by atomic mass is 9.97. The summed E-state index contributed by atoms with van der Waals surface area (Å²) in [6, 6.07) is 15.2. The highest BCUT2D eigenvalue weighted by Crippen LogP contribution is 2.28. The van der Waals surface area contributed by atoms with Crippen LogP contribution in [0.15, 0.2) is 48.5 Å². The van der Waals surface area contributed by atoms with E-state index in [0.717, 1.165) is 30.4 Å². The van der Waals surface area contributed by atoms with Gasteiger partial charge in [0.2, 0.25) is 5.91 Å². The van der Waals surface area contributed by atoms with Gasteiger partial charge >= 0.3 is 12.0 Å². The number of benzene rings is 2. The molecular weight excluding hydrogens is 458 g/mol. The first kappa shape index (κ1) is 25.2. The van der Waals surface area contributed by atoms with E-state index in [1.807, 2.05) is 48.5 Å². The van der Waals surface area contributed by atoms with Crippen LogP contribution in [0.1, 0.15) is 41.5 Å². The number of rotatable bonds is 9. The second kappa shape index (κ2) is 11.2. The van der Waals surface area contributed by atoms with Crippen molar-refractivity contribution in [3.05, 3.63) is 70.8 Å². The number of carboxylic acids is 1. The number of aryl methyl sites for hydroxylation is 1. The highest BCUT2D eigenvalue weighted by Gasteiger charge is 2.40. The Labute approximate surface area is 210 Å². The molecule has 0 aliphatic carbocycles. The molecule has 36 heavy (non-hydrogen) atoms. The molecule has 2 aromatic carbocycles. The summed E-state index contributed by atoms with van der Waals surface area (Å²) in [4.78, 5) is 40.7. The van der Waals surface area contributed by atoms with Crippen LogP contribution in [0, 0.1) is 11.3 Å². The number of urea groups is 1. The second-order valence-corrected chi connectivity index (χ2v) is 9.56. The standard InChI is InChI=1S/C27H33N5O4/c28-25(29)20-9-8-19-10-12-31(17-22(19)13-20)27(36)30-16-23-14-21(15-24(33)34)26(35)32(23)11-4-7-18-5-2-1-3-6-18/h1-3,5-6,8-9,13,21,23H,4,7,10-12,14-17H2,(H3,28,29)(H,30,36)(H,33,34)/t21-,23-/m0/s1. The SMILES string of the molecule is N=C(N)c1ccc2c(c1)CN(C(=O)NC[C@@H]1C[C@@H](CC(=O)O)C(=O)N1CCCc1ccccc1)CC2. The zero-order valence-corrected chi connectivity index (χ0v) is 20.3. The fourth-order valence-electron chi connectivity index (χ4n) is 5.15. The van der Waals surface area contributed by atoms with Crippen molar-refractivity contribution in [2.75, 3.05) is 19.6 Å². The van der Waals surface area contributed by atoms with Crippen molar-refractivity contribution in [2.45, 2.75) is 44.7 Å². The summed E-state index contributed by atoms with van der Waals surface area (Å²) in [6.07, 6.45) is 2.53. The van der Waals surface area contributed by atoms with E-state index in [-0.39, 0.29) is 36.8 Å². The highest BCUT2D eigenvalue weighted by atomic mass is 16.4. The van der Waals surface area contributed by atoms with Crippen LogP contribution >= 0.6 is 0 Å². The van der Waals surface area contributed by atoms with Gasteiger partial charge in [-0.2, -0.15) is 0 Å². The van der Waals surface area contributed by atoms with Gasteiger partial charge in [0.1, 0.15) is 5.84 Å². The number of hydrogen-bond acceptors (Lipinski definition) is 4. The van der Waals surface area contributed by atoms with Gasteiger partial charge in [-0.15, -0.1) is 0 Å². The van der Waals surface area contributed by atoms with Crippen molar-refractivity contribution in [3.63, 3.8) is 0 Å². The fraction of sp³-hybridized carbons (Fsp3) is 0.407. The monoisotopic (exact) mass is 491 g/mol. The Morgan fingerprint density at radius 1 is 1.14 bits per heavy atom. The van der Waals surface area contributed by atoms with E-state index >= 15 is 0 Å². The molecule has 4 rings (SSSR count). The van der Waals surface area contributed by atoms with Crippen LogP contribution in [0.25, 0.3) is 0 Å². The van der Waals surface area contributed by atoms with Crippen molar-refractivity contribution in [1.29, 1.82) is 5.41 Å². The molecule has 2 atom stereocenters. The van der Waals surface area contributed by atoms with E-state index in [9.17, 15) is 19.5 Å². The molecule has 2 heterocycles. The van der Waals surface area contributed by atoms with Crippen molar-refractivity contribution < 1.29 is 19.5 Å². The Hall–Kier alpha value is -3.88. The van der Waals surface area contributed by atoms with Gasteiger partial charge in [0, 0.05) is 37.8 Å². The zero-order valence-electron chi connectivity index (χ0n) is 20.3. The Kier molecular flexibility index (Phi) is 7.87. The van der Waals surface area contributed by atoms with Crippen molar-refractivity contribution in [2.24, 2.45) is 11.7 Å². The normalized spacial score (nSPS) is 19.2. The minimum Gasteiger partial charge on any atom is -0.481 e. The van der Waals surface area contributed by atoms with Crippen LogP contribution in [-0.2, 0) is 29.0 Å². The Morgan fingerprint density at radius 3 is 2.64 bits per heavy atom. The molecule has 190 valence electrons. The summed E-state index contributed by atoms with van der Waals surface area (Å²) >= 11 is 0. The molecule has 2 aliphatic rings. The van der Waals surface area contributed by atoms with Gasteiger partial charge < -0.3 is 26.0 Å². The lowest BCUT2D eigenvalue weighted by molar-refractivity contribution is -0.142. The third-order valence-electron chi connectivity index (χ3n) is 7.06. The number of amides is 3. The molecule has 9 heteroatoms. The summed E-state index contributed by atoms with van der Waals surface area (Å²) in [5.41, 5.74) is 9.56. The number of carbonyl (C=O) groups is 3. The lowest BCUT2D eigenvalue weighted by Gasteiger charge is -2.31. The largest absolute Gasteiger partial charge is 0.481 e. The van der Waals surface area contributed by atoms with Crippen molar-refractivity contribution in [1.82, 2.24) is 15.1 Å². The number of nitrogen functional groups attached to an aromatic ring is 1. The van der Waals surface area contributed by atoms with E-state index in [2.05, 4.69) is 5.32 Å². The minimum absolute atomic E-state index is 0.00598. The predicted octanol–water partition coefficient (Wildman–Crippen LogP) is 2.36. The number of likely N-dealkylation sites (tertiary alicyclic amines) is 1. The number of carbonyl (C=O) groups excluding carboxylic acids is 2. The molecule has 2 aliphatic heterocycles. The van der Waals surface area contributed by atoms with Crippen LogP contribution in [-0.4, -0.2) is 64.3 Å². The Morgan fingerprint density at radius 2 is 1.92 bits per heavy atom. The summed E-state index contributed by atoms with van der Waals surface area (Å²) in [5.74, 6) is -1.70. The van der Waals surface area contributed by atoms with Crippen LogP contribution in [0.3, 0.4) is 0 Å². The first-order chi connectivity index (χ1) is 17.3. The number of nitrogens with two attached hydrogens (primary N) is 1. The maximum Gasteiger partial charge on any atom is 0.317 e. The molecule has 9 nitrogen and oxygen atoms in total. The van der Waals surface area contributed by atoms with Gasteiger partial charge in [-0.25, -0.2) is 4.79 Å². The molecule has 2 aromatic rings. The van der Waals surface area contributed by atoms with Crippen LogP contribution in [0.4, 0.5) is 4.79 Å². The summed E-state index contributed by atoms with van der Waals surface area (Å²) < 4.78 is 0. The van der Waals surface area contributed by atoms with Crippen LogP contribution < -0.4 is 11.1 Å². The fourth-order valence-corrected chi connectivity index (χ4v) is 5.15. The average molecular weight is 492 g/mol. The number of aliphatic carboxylic acids is 1. The van der Waals surface area contributed by atoms with Crippen molar-refractivity contribution in [3.8, 4) is 0 Å². The number of hydrogen-bond donors (Lipinski definition) is 4. The lowest BCUT2D eigenvalue weighted by Crippen LogP contribution is -2.48. The third-order valence-corrected chi connectivity index (χ3v) is 7.06. The molecule has 0 bridgehead atoms. The van der Waals surface area contributed by atoms with E-state index in [4.69, 9.17) is 11.1 Å². The highest BCUT2D eigenvalue weighted by molar-refractivity contribution is 5.95. The number of carboxylic acid groups (broad SMARTS) is 1. The average Bonchev–Trinajstić information content (AvgIpc) is 3.15. The molecule has 1 fully saturated rings. The molecule has 3 amide bonds. The topological polar surface area (TPSA) is 140 Å². The molecule has 0 unspecified atom stereocenters. The van der Waals surface area contributed by atoms with Gasteiger partial charge in [0.25, 0.3) is 0 Å². The van der Waals surface area contributed by atoms with E-state index in [0.29, 0.717) is 31.6 Å². The van der Waals surface area contributed by atoms with Crippen LogP contribution in [0.2, 0.25) is 0 Å². The van der Waals surface area contributed by atoms with Gasteiger partial charge in [-0.3, -0.25) is 15.0 Å². The van der Waals surface area contributed by atoms with Gasteiger partial charge in [0.15, 0.2) is 0 Å². The van der Waals surface area contributed by atoms with Crippen molar-refractivity contribution >= 4 is 23.7 Å². The van der Waals surface area contributed by atoms with Gasteiger partial charge in [-0.1, -0.05) is 42.5 Å². The third kappa shape index (κ3) is 6.02. The maximum atomic E-state index is 13.0. The zero-order chi connectivity index (χ0) is 25.7. The summed E-state index contributed by atoms with van der Waals surface area (Å²) in [6.45, 7) is 1.80. The Balaban J connectivity index is 1.36. The molecule has 0 spiro atoms. The second-order valence-electron chi connectivity index (χ2n) is 9.56. The quantitative estimate of drug-likeness (QED) is 0.315. The smallest absolute Gasteiger partial charge is 0.317 e. The first-order valence-electron chi connectivity index (χ1n) is 12.4. The number of fused-ring (bicyclic) bond motifs is 1. The van der Waals surface area contributed by atoms with E-state index in [1.54, 1.807) is 9.80 Å². The number of nitrogens with one attached hydrogen (secondary N) is 2. The van der Waals surface area contributed by atoms with Gasteiger partial charge in [0.05, 0.1) is 12.3 Å². The van der Waals surface area contributed by atoms with Crippen LogP contribution in [0.5, 0.6) is 0 Å². The van der Waals surface area contributed by atoms with Gasteiger partial charge in [-0.05, 0) is 48.4 Å². The minimum atomic E-state index is -0.987. The van der Waals surface area contributed by atoms with E-state index in [1.165, 1.54) is 5.56 Å².